The lowest BCUT2D eigenvalue weighted by Crippen LogP contribution is -2.42. The van der Waals surface area contributed by atoms with Crippen molar-refractivity contribution in [1.82, 2.24) is 9.88 Å². The van der Waals surface area contributed by atoms with E-state index >= 15 is 0 Å². The first-order valence-electron chi connectivity index (χ1n) is 7.60. The highest BCUT2D eigenvalue weighted by molar-refractivity contribution is 9.10. The Bertz CT molecular complexity index is 661. The van der Waals surface area contributed by atoms with E-state index in [-0.39, 0.29) is 18.0 Å². The fraction of sp³-hybridized carbons (Fsp3) is 0.333. The molecule has 0 saturated carbocycles. The number of pyridine rings is 1. The minimum Gasteiger partial charge on any atom is -0.439 e. The van der Waals surface area contributed by atoms with Gasteiger partial charge in [-0.15, -0.1) is 0 Å². The van der Waals surface area contributed by atoms with E-state index in [1.807, 2.05) is 56.9 Å². The summed E-state index contributed by atoms with van der Waals surface area (Å²) in [5, 5.41) is 0. The predicted molar refractivity (Wildman–Crippen MR) is 94.9 cm³/mol. The zero-order chi connectivity index (χ0) is 17.0. The molecule has 0 atom stereocenters. The van der Waals surface area contributed by atoms with E-state index in [0.29, 0.717) is 17.2 Å². The maximum absolute atomic E-state index is 12.6. The van der Waals surface area contributed by atoms with Crippen LogP contribution in [0.15, 0.2) is 47.1 Å². The summed E-state index contributed by atoms with van der Waals surface area (Å²) < 4.78 is 6.62. The Morgan fingerprint density at radius 1 is 1.13 bits per heavy atom. The summed E-state index contributed by atoms with van der Waals surface area (Å²) in [7, 11) is 0. The molecule has 0 spiro atoms. The lowest BCUT2D eigenvalue weighted by molar-refractivity contribution is 0.0643. The van der Waals surface area contributed by atoms with E-state index < -0.39 is 0 Å². The van der Waals surface area contributed by atoms with Crippen molar-refractivity contribution in [1.29, 1.82) is 0 Å². The van der Waals surface area contributed by atoms with Gasteiger partial charge in [0.2, 0.25) is 5.88 Å². The van der Waals surface area contributed by atoms with Crippen molar-refractivity contribution in [3.8, 4) is 11.6 Å². The van der Waals surface area contributed by atoms with Crippen molar-refractivity contribution in [2.45, 2.75) is 39.8 Å². The van der Waals surface area contributed by atoms with Crippen molar-refractivity contribution in [3.05, 3.63) is 52.6 Å². The van der Waals surface area contributed by atoms with Gasteiger partial charge in [-0.25, -0.2) is 4.98 Å². The fourth-order valence-electron chi connectivity index (χ4n) is 2.43. The quantitative estimate of drug-likeness (QED) is 0.745. The van der Waals surface area contributed by atoms with Gasteiger partial charge in [-0.2, -0.15) is 0 Å². The van der Waals surface area contributed by atoms with Gasteiger partial charge in [0.05, 0.1) is 5.56 Å². The Morgan fingerprint density at radius 2 is 1.83 bits per heavy atom. The number of benzene rings is 1. The molecule has 0 aliphatic carbocycles. The van der Waals surface area contributed by atoms with Gasteiger partial charge in [0.15, 0.2) is 0 Å². The summed E-state index contributed by atoms with van der Waals surface area (Å²) >= 11 is 3.40. The van der Waals surface area contributed by atoms with Gasteiger partial charge in [0.25, 0.3) is 5.91 Å². The Hall–Kier alpha value is -1.88. The number of nitrogens with zero attached hydrogens (tertiary/aromatic N) is 2. The lowest BCUT2D eigenvalue weighted by atomic mass is 10.1. The number of carbonyl (C=O) groups excluding carboxylic acids is 1. The topological polar surface area (TPSA) is 42.4 Å². The summed E-state index contributed by atoms with van der Waals surface area (Å²) in [5.41, 5.74) is 0.564. The molecule has 1 aromatic carbocycles. The van der Waals surface area contributed by atoms with E-state index in [4.69, 9.17) is 4.74 Å². The van der Waals surface area contributed by atoms with Gasteiger partial charge in [-0.1, -0.05) is 22.0 Å². The summed E-state index contributed by atoms with van der Waals surface area (Å²) in [6, 6.07) is 11.3. The van der Waals surface area contributed by atoms with Gasteiger partial charge < -0.3 is 9.64 Å². The third-order valence-electron chi connectivity index (χ3n) is 3.35. The van der Waals surface area contributed by atoms with Gasteiger partial charge in [0.1, 0.15) is 5.75 Å². The van der Waals surface area contributed by atoms with Crippen LogP contribution >= 0.6 is 15.9 Å². The second kappa shape index (κ2) is 7.59. The molecule has 1 amide bonds. The van der Waals surface area contributed by atoms with Crippen molar-refractivity contribution < 1.29 is 9.53 Å². The zero-order valence-electron chi connectivity index (χ0n) is 13.8. The Morgan fingerprint density at radius 3 is 2.35 bits per heavy atom. The third kappa shape index (κ3) is 4.55. The number of carbonyl (C=O) groups is 1. The highest BCUT2D eigenvalue weighted by Crippen LogP contribution is 2.23. The van der Waals surface area contributed by atoms with Crippen LogP contribution in [0.5, 0.6) is 11.6 Å². The first kappa shape index (κ1) is 17.5. The standard InChI is InChI=1S/C18H21BrN2O2/c1-12(2)21(13(3)4)18(22)14-8-9-17(20-11-14)23-16-7-5-6-15(19)10-16/h5-13H,1-4H3. The molecule has 2 rings (SSSR count). The largest absolute Gasteiger partial charge is 0.439 e. The molecule has 0 saturated heterocycles. The molecule has 0 unspecified atom stereocenters. The molecule has 23 heavy (non-hydrogen) atoms. The molecule has 122 valence electrons. The summed E-state index contributed by atoms with van der Waals surface area (Å²) in [6.07, 6.45) is 1.56. The normalized spacial score (nSPS) is 10.9. The van der Waals surface area contributed by atoms with Crippen molar-refractivity contribution >= 4 is 21.8 Å². The maximum Gasteiger partial charge on any atom is 0.255 e. The van der Waals surface area contributed by atoms with Crippen LogP contribution in [0.1, 0.15) is 38.1 Å². The number of amides is 1. The number of aromatic nitrogens is 1. The lowest BCUT2D eigenvalue weighted by Gasteiger charge is -2.30. The van der Waals surface area contributed by atoms with Crippen molar-refractivity contribution in [3.63, 3.8) is 0 Å². The zero-order valence-corrected chi connectivity index (χ0v) is 15.4. The van der Waals surface area contributed by atoms with Crippen LogP contribution in [-0.4, -0.2) is 27.9 Å². The van der Waals surface area contributed by atoms with E-state index in [1.54, 1.807) is 18.3 Å². The molecule has 0 N–H and O–H groups in total. The Kier molecular flexibility index (Phi) is 5.77. The molecule has 0 radical (unpaired) electrons. The molecule has 2 aromatic rings. The third-order valence-corrected chi connectivity index (χ3v) is 3.84. The molecular weight excluding hydrogens is 356 g/mol. The van der Waals surface area contributed by atoms with Crippen LogP contribution in [0.25, 0.3) is 0 Å². The Labute approximate surface area is 145 Å². The molecular formula is C18H21BrN2O2. The van der Waals surface area contributed by atoms with Crippen LogP contribution in [0.4, 0.5) is 0 Å². The van der Waals surface area contributed by atoms with Gasteiger partial charge in [-0.3, -0.25) is 4.79 Å². The monoisotopic (exact) mass is 376 g/mol. The van der Waals surface area contributed by atoms with E-state index in [2.05, 4.69) is 20.9 Å². The smallest absolute Gasteiger partial charge is 0.255 e. The van der Waals surface area contributed by atoms with Crippen molar-refractivity contribution in [2.24, 2.45) is 0 Å². The van der Waals surface area contributed by atoms with Gasteiger partial charge in [0, 0.05) is 28.8 Å². The maximum atomic E-state index is 12.6. The average Bonchev–Trinajstić information content (AvgIpc) is 2.47. The summed E-state index contributed by atoms with van der Waals surface area (Å²) in [4.78, 5) is 18.7. The number of rotatable bonds is 5. The second-order valence-electron chi connectivity index (χ2n) is 5.84. The highest BCUT2D eigenvalue weighted by Gasteiger charge is 2.21. The fourth-order valence-corrected chi connectivity index (χ4v) is 2.81. The van der Waals surface area contributed by atoms with E-state index in [1.165, 1.54) is 0 Å². The van der Waals surface area contributed by atoms with E-state index in [0.717, 1.165) is 4.47 Å². The van der Waals surface area contributed by atoms with Gasteiger partial charge >= 0.3 is 0 Å². The predicted octanol–water partition coefficient (Wildman–Crippen LogP) is 4.90. The molecule has 0 fully saturated rings. The highest BCUT2D eigenvalue weighted by atomic mass is 79.9. The second-order valence-corrected chi connectivity index (χ2v) is 6.76. The Balaban J connectivity index is 2.14. The average molecular weight is 377 g/mol. The molecule has 4 nitrogen and oxygen atoms in total. The number of ether oxygens (including phenoxy) is 1. The molecule has 0 aliphatic heterocycles. The SMILES string of the molecule is CC(C)N(C(=O)c1ccc(Oc2cccc(Br)c2)nc1)C(C)C. The van der Waals surface area contributed by atoms with Crippen molar-refractivity contribution in [2.75, 3.05) is 0 Å². The first-order chi connectivity index (χ1) is 10.9. The van der Waals surface area contributed by atoms with Crippen LogP contribution < -0.4 is 4.74 Å². The van der Waals surface area contributed by atoms with Crippen LogP contribution in [0.3, 0.4) is 0 Å². The number of halogens is 1. The summed E-state index contributed by atoms with van der Waals surface area (Å²) in [6.45, 7) is 8.04. The van der Waals surface area contributed by atoms with Crippen LogP contribution in [-0.2, 0) is 0 Å². The molecule has 0 bridgehead atoms. The molecule has 5 heteroatoms. The first-order valence-corrected chi connectivity index (χ1v) is 8.40. The van der Waals surface area contributed by atoms with E-state index in [9.17, 15) is 4.79 Å². The van der Waals surface area contributed by atoms with Crippen LogP contribution in [0, 0.1) is 0 Å². The number of hydrogen-bond acceptors (Lipinski definition) is 3. The minimum atomic E-state index is -0.0171. The van der Waals surface area contributed by atoms with Crippen LogP contribution in [0.2, 0.25) is 0 Å². The minimum absolute atomic E-state index is 0.0171. The van der Waals surface area contributed by atoms with Gasteiger partial charge in [-0.05, 0) is 52.0 Å². The summed E-state index contributed by atoms with van der Waals surface area (Å²) in [5.74, 6) is 1.13. The molecule has 1 aromatic heterocycles. The molecule has 0 aliphatic rings. The number of hydrogen-bond donors (Lipinski definition) is 0. The molecule has 1 heterocycles.